The molecule has 0 aromatic carbocycles. The Kier molecular flexibility index (Phi) is 6.86. The predicted molar refractivity (Wildman–Crippen MR) is 79.0 cm³/mol. The van der Waals surface area contributed by atoms with Crippen LogP contribution in [0.2, 0.25) is 0 Å². The molecule has 2 amide bonds. The Hall–Kier alpha value is -1.59. The molecule has 6 nitrogen and oxygen atoms in total. The molecule has 0 aliphatic heterocycles. The summed E-state index contributed by atoms with van der Waals surface area (Å²) in [5.41, 5.74) is -1.43. The number of imide groups is 1. The molecule has 0 saturated heterocycles. The van der Waals surface area contributed by atoms with E-state index in [1.165, 1.54) is 0 Å². The van der Waals surface area contributed by atoms with E-state index in [1.54, 1.807) is 48.5 Å². The maximum absolute atomic E-state index is 12.1. The van der Waals surface area contributed by atoms with E-state index < -0.39 is 23.4 Å². The van der Waals surface area contributed by atoms with Crippen LogP contribution in [0.15, 0.2) is 0 Å². The fourth-order valence-corrected chi connectivity index (χ4v) is 1.41. The SMILES string of the molecule is C[C@H](CC=O)CN(C(=O)OC(C)(C)C)C(=O)OC(C)(C)C. The minimum atomic E-state index is -0.769. The van der Waals surface area contributed by atoms with Crippen molar-refractivity contribution in [2.45, 2.75) is 66.1 Å². The van der Waals surface area contributed by atoms with E-state index in [1.807, 2.05) is 0 Å². The summed E-state index contributed by atoms with van der Waals surface area (Å²) in [5.74, 6) is -0.164. The van der Waals surface area contributed by atoms with Crippen molar-refractivity contribution in [2.75, 3.05) is 6.54 Å². The Balaban J connectivity index is 5.04. The Bertz CT molecular complexity index is 351. The van der Waals surface area contributed by atoms with Gasteiger partial charge in [0.2, 0.25) is 0 Å². The predicted octanol–water partition coefficient (Wildman–Crippen LogP) is 3.38. The highest BCUT2D eigenvalue weighted by Gasteiger charge is 2.31. The molecule has 0 bridgehead atoms. The van der Waals surface area contributed by atoms with Gasteiger partial charge in [0.25, 0.3) is 0 Å². The van der Waals surface area contributed by atoms with E-state index in [0.717, 1.165) is 11.2 Å². The molecule has 21 heavy (non-hydrogen) atoms. The van der Waals surface area contributed by atoms with Crippen LogP contribution >= 0.6 is 0 Å². The maximum atomic E-state index is 12.1. The number of carbonyl (C=O) groups is 3. The second-order valence-electron chi connectivity index (χ2n) is 7.08. The van der Waals surface area contributed by atoms with Crippen LogP contribution < -0.4 is 0 Å². The molecule has 0 aliphatic rings. The first-order valence-electron chi connectivity index (χ1n) is 7.03. The maximum Gasteiger partial charge on any atom is 0.419 e. The van der Waals surface area contributed by atoms with E-state index in [9.17, 15) is 14.4 Å². The van der Waals surface area contributed by atoms with Gasteiger partial charge in [-0.3, -0.25) is 0 Å². The van der Waals surface area contributed by atoms with Crippen LogP contribution in [0, 0.1) is 5.92 Å². The fraction of sp³-hybridized carbons (Fsp3) is 0.800. The number of aldehydes is 1. The summed E-state index contributed by atoms with van der Waals surface area (Å²) in [6.45, 7) is 12.1. The van der Waals surface area contributed by atoms with Crippen LogP contribution in [-0.2, 0) is 14.3 Å². The monoisotopic (exact) mass is 301 g/mol. The van der Waals surface area contributed by atoms with Gasteiger partial charge in [0.1, 0.15) is 17.5 Å². The molecule has 0 rings (SSSR count). The van der Waals surface area contributed by atoms with E-state index >= 15 is 0 Å². The molecule has 0 heterocycles. The molecule has 0 unspecified atom stereocenters. The Labute approximate surface area is 126 Å². The zero-order valence-electron chi connectivity index (χ0n) is 14.1. The summed E-state index contributed by atoms with van der Waals surface area (Å²) in [6.07, 6.45) is -0.529. The topological polar surface area (TPSA) is 72.9 Å². The standard InChI is InChI=1S/C15H27NO5/c1-11(8-9-17)10-16(12(18)20-14(2,3)4)13(19)21-15(5,6)7/h9,11H,8,10H2,1-7H3/t11-/m1/s1. The van der Waals surface area contributed by atoms with Gasteiger partial charge in [-0.1, -0.05) is 6.92 Å². The van der Waals surface area contributed by atoms with Crippen molar-refractivity contribution >= 4 is 18.5 Å². The Morgan fingerprint density at radius 1 is 1.00 bits per heavy atom. The van der Waals surface area contributed by atoms with E-state index in [0.29, 0.717) is 0 Å². The quantitative estimate of drug-likeness (QED) is 0.744. The summed E-state index contributed by atoms with van der Waals surface area (Å²) in [4.78, 5) is 35.7. The van der Waals surface area contributed by atoms with Crippen LogP contribution in [0.1, 0.15) is 54.9 Å². The lowest BCUT2D eigenvalue weighted by Gasteiger charge is -2.29. The minimum Gasteiger partial charge on any atom is -0.443 e. The lowest BCUT2D eigenvalue weighted by molar-refractivity contribution is -0.108. The number of hydrogen-bond acceptors (Lipinski definition) is 5. The molecule has 6 heteroatoms. The van der Waals surface area contributed by atoms with Crippen molar-refractivity contribution in [3.05, 3.63) is 0 Å². The lowest BCUT2D eigenvalue weighted by atomic mass is 10.1. The lowest BCUT2D eigenvalue weighted by Crippen LogP contribution is -2.45. The van der Waals surface area contributed by atoms with Crippen LogP contribution in [0.3, 0.4) is 0 Å². The van der Waals surface area contributed by atoms with Gasteiger partial charge < -0.3 is 14.3 Å². The summed E-state index contributed by atoms with van der Waals surface area (Å²) >= 11 is 0. The van der Waals surface area contributed by atoms with Crippen LogP contribution in [0.25, 0.3) is 0 Å². The highest BCUT2D eigenvalue weighted by Crippen LogP contribution is 2.16. The summed E-state index contributed by atoms with van der Waals surface area (Å²) in [6, 6.07) is 0. The molecule has 0 aliphatic carbocycles. The smallest absolute Gasteiger partial charge is 0.419 e. The number of rotatable bonds is 4. The van der Waals surface area contributed by atoms with Gasteiger partial charge in [-0.15, -0.1) is 0 Å². The van der Waals surface area contributed by atoms with E-state index in [2.05, 4.69) is 0 Å². The van der Waals surface area contributed by atoms with Gasteiger partial charge in [-0.05, 0) is 47.5 Å². The van der Waals surface area contributed by atoms with Crippen molar-refractivity contribution in [3.63, 3.8) is 0 Å². The third-order valence-electron chi connectivity index (χ3n) is 2.22. The fourth-order valence-electron chi connectivity index (χ4n) is 1.41. The molecule has 1 atom stereocenters. The molecule has 0 aromatic rings. The number of ether oxygens (including phenoxy) is 2. The average Bonchev–Trinajstić information content (AvgIpc) is 2.20. The summed E-state index contributed by atoms with van der Waals surface area (Å²) < 4.78 is 10.4. The van der Waals surface area contributed by atoms with Crippen LogP contribution in [0.5, 0.6) is 0 Å². The number of amides is 2. The van der Waals surface area contributed by atoms with Crippen molar-refractivity contribution < 1.29 is 23.9 Å². The zero-order chi connectivity index (χ0) is 16.8. The van der Waals surface area contributed by atoms with Crippen molar-refractivity contribution in [3.8, 4) is 0 Å². The average molecular weight is 301 g/mol. The molecule has 0 radical (unpaired) electrons. The Morgan fingerprint density at radius 3 is 1.67 bits per heavy atom. The van der Waals surface area contributed by atoms with Crippen LogP contribution in [-0.4, -0.2) is 41.1 Å². The molecule has 0 saturated carbocycles. The van der Waals surface area contributed by atoms with Crippen molar-refractivity contribution in [2.24, 2.45) is 5.92 Å². The number of nitrogens with zero attached hydrogens (tertiary/aromatic N) is 1. The number of carbonyl (C=O) groups excluding carboxylic acids is 3. The molecular formula is C15H27NO5. The third-order valence-corrected chi connectivity index (χ3v) is 2.22. The third kappa shape index (κ3) is 9.05. The molecule has 0 aromatic heterocycles. The molecular weight excluding hydrogens is 274 g/mol. The first-order chi connectivity index (χ1) is 9.35. The van der Waals surface area contributed by atoms with Gasteiger partial charge in [-0.25, -0.2) is 14.5 Å². The molecule has 122 valence electrons. The van der Waals surface area contributed by atoms with Gasteiger partial charge in [0, 0.05) is 13.0 Å². The number of hydrogen-bond donors (Lipinski definition) is 0. The molecule has 0 spiro atoms. The summed E-state index contributed by atoms with van der Waals surface area (Å²) in [7, 11) is 0. The zero-order valence-corrected chi connectivity index (χ0v) is 14.1. The highest BCUT2D eigenvalue weighted by atomic mass is 16.6. The van der Waals surface area contributed by atoms with Crippen LogP contribution in [0.4, 0.5) is 9.59 Å². The first-order valence-corrected chi connectivity index (χ1v) is 7.03. The minimum absolute atomic E-state index is 0.0720. The second kappa shape index (κ2) is 7.43. The largest absolute Gasteiger partial charge is 0.443 e. The van der Waals surface area contributed by atoms with E-state index in [4.69, 9.17) is 9.47 Å². The summed E-state index contributed by atoms with van der Waals surface area (Å²) in [5, 5.41) is 0. The second-order valence-corrected chi connectivity index (χ2v) is 7.08. The molecule has 0 fully saturated rings. The van der Waals surface area contributed by atoms with Crippen molar-refractivity contribution in [1.29, 1.82) is 0 Å². The van der Waals surface area contributed by atoms with E-state index in [-0.39, 0.29) is 18.9 Å². The van der Waals surface area contributed by atoms with Crippen molar-refractivity contribution in [1.82, 2.24) is 4.90 Å². The highest BCUT2D eigenvalue weighted by molar-refractivity contribution is 5.88. The van der Waals surface area contributed by atoms with Gasteiger partial charge in [0.15, 0.2) is 0 Å². The van der Waals surface area contributed by atoms with Gasteiger partial charge in [0.05, 0.1) is 0 Å². The first kappa shape index (κ1) is 19.4. The van der Waals surface area contributed by atoms with Gasteiger partial charge >= 0.3 is 12.2 Å². The molecule has 0 N–H and O–H groups in total. The Morgan fingerprint density at radius 2 is 1.38 bits per heavy atom. The normalized spacial score (nSPS) is 13.3. The van der Waals surface area contributed by atoms with Gasteiger partial charge in [-0.2, -0.15) is 0 Å².